The van der Waals surface area contributed by atoms with Gasteiger partial charge in [-0.15, -0.1) is 0 Å². The van der Waals surface area contributed by atoms with E-state index < -0.39 is 5.97 Å². The molecule has 1 amide bonds. The van der Waals surface area contributed by atoms with Crippen molar-refractivity contribution < 1.29 is 24.2 Å². The first-order chi connectivity index (χ1) is 13.4. The highest BCUT2D eigenvalue weighted by Crippen LogP contribution is 2.39. The number of carboxylic acid groups (broad SMARTS) is 1. The number of carbonyl (C=O) groups is 2. The van der Waals surface area contributed by atoms with Crippen LogP contribution in [-0.4, -0.2) is 40.9 Å². The lowest BCUT2D eigenvalue weighted by Crippen LogP contribution is -2.23. The molecular weight excluding hydrogens is 404 g/mol. The number of fused-ring (bicyclic) bond motifs is 1. The topological polar surface area (TPSA) is 88.4 Å². The van der Waals surface area contributed by atoms with Crippen LogP contribution in [0.1, 0.15) is 15.9 Å². The van der Waals surface area contributed by atoms with Crippen molar-refractivity contribution in [3.63, 3.8) is 0 Å². The number of nitrogens with zero attached hydrogens (tertiary/aromatic N) is 2. The van der Waals surface area contributed by atoms with Gasteiger partial charge in [-0.05, 0) is 53.7 Å². The standard InChI is InChI=1S/C19H13ClN2O5S/c1-22-17(23)16(7-11-6-14-15(8-13(11)20)27-9-26-14)28-19(22)21-12-4-2-10(3-5-12)18(24)25/h2-8H,9H2,1H3,(H,24,25)/b16-7-,21-19?. The molecule has 2 aromatic rings. The number of carboxylic acids is 1. The molecule has 7 nitrogen and oxygen atoms in total. The van der Waals surface area contributed by atoms with Crippen LogP contribution in [-0.2, 0) is 4.79 Å². The fourth-order valence-corrected chi connectivity index (χ4v) is 3.81. The summed E-state index contributed by atoms with van der Waals surface area (Å²) < 4.78 is 10.6. The number of rotatable bonds is 3. The summed E-state index contributed by atoms with van der Waals surface area (Å²) in [5.74, 6) is -0.0682. The minimum Gasteiger partial charge on any atom is -0.478 e. The summed E-state index contributed by atoms with van der Waals surface area (Å²) in [4.78, 5) is 29.8. The Balaban J connectivity index is 1.62. The Morgan fingerprint density at radius 1 is 1.25 bits per heavy atom. The number of ether oxygens (including phenoxy) is 2. The molecule has 0 bridgehead atoms. The summed E-state index contributed by atoms with van der Waals surface area (Å²) in [5.41, 5.74) is 1.36. The molecule has 2 aromatic carbocycles. The van der Waals surface area contributed by atoms with E-state index in [9.17, 15) is 9.59 Å². The van der Waals surface area contributed by atoms with E-state index in [1.807, 2.05) is 0 Å². The molecule has 0 atom stereocenters. The molecular formula is C19H13ClN2O5S. The largest absolute Gasteiger partial charge is 0.478 e. The zero-order valence-electron chi connectivity index (χ0n) is 14.5. The van der Waals surface area contributed by atoms with Crippen LogP contribution < -0.4 is 9.47 Å². The van der Waals surface area contributed by atoms with Gasteiger partial charge < -0.3 is 14.6 Å². The fourth-order valence-electron chi connectivity index (χ4n) is 2.63. The van der Waals surface area contributed by atoms with E-state index in [1.165, 1.54) is 28.8 Å². The molecule has 2 aliphatic heterocycles. The number of hydrogen-bond acceptors (Lipinski definition) is 6. The van der Waals surface area contributed by atoms with Crippen LogP contribution in [0.3, 0.4) is 0 Å². The number of halogens is 1. The van der Waals surface area contributed by atoms with E-state index in [1.54, 1.807) is 37.4 Å². The van der Waals surface area contributed by atoms with Gasteiger partial charge in [0.25, 0.3) is 5.91 Å². The van der Waals surface area contributed by atoms with Crippen LogP contribution >= 0.6 is 23.4 Å². The summed E-state index contributed by atoms with van der Waals surface area (Å²) in [7, 11) is 1.63. The maximum atomic E-state index is 12.6. The third-order valence-electron chi connectivity index (χ3n) is 4.12. The van der Waals surface area contributed by atoms with Crippen molar-refractivity contribution in [1.82, 2.24) is 4.90 Å². The molecule has 28 heavy (non-hydrogen) atoms. The van der Waals surface area contributed by atoms with Crippen molar-refractivity contribution in [2.24, 2.45) is 4.99 Å². The number of thioether (sulfide) groups is 1. The predicted molar refractivity (Wildman–Crippen MR) is 106 cm³/mol. The Morgan fingerprint density at radius 2 is 1.93 bits per heavy atom. The molecule has 0 aliphatic carbocycles. The number of amidine groups is 1. The number of benzene rings is 2. The zero-order valence-corrected chi connectivity index (χ0v) is 16.1. The van der Waals surface area contributed by atoms with Gasteiger partial charge in [-0.25, -0.2) is 9.79 Å². The van der Waals surface area contributed by atoms with Gasteiger partial charge in [-0.3, -0.25) is 9.69 Å². The molecule has 9 heteroatoms. The van der Waals surface area contributed by atoms with Gasteiger partial charge in [0.15, 0.2) is 16.7 Å². The molecule has 1 fully saturated rings. The number of hydrogen-bond donors (Lipinski definition) is 1. The molecule has 1 N–H and O–H groups in total. The monoisotopic (exact) mass is 416 g/mol. The molecule has 4 rings (SSSR count). The molecule has 0 radical (unpaired) electrons. The molecule has 142 valence electrons. The lowest BCUT2D eigenvalue weighted by molar-refractivity contribution is -0.121. The van der Waals surface area contributed by atoms with Crippen LogP contribution in [0.25, 0.3) is 6.08 Å². The maximum Gasteiger partial charge on any atom is 0.335 e. The quantitative estimate of drug-likeness (QED) is 0.761. The van der Waals surface area contributed by atoms with E-state index in [4.69, 9.17) is 26.2 Å². The number of carbonyl (C=O) groups excluding carboxylic acids is 1. The molecule has 0 spiro atoms. The highest BCUT2D eigenvalue weighted by molar-refractivity contribution is 8.18. The molecule has 1 saturated heterocycles. The Labute approximate surface area is 169 Å². The van der Waals surface area contributed by atoms with Crippen molar-refractivity contribution in [2.45, 2.75) is 0 Å². The number of aromatic carboxylic acids is 1. The van der Waals surface area contributed by atoms with E-state index in [0.717, 1.165) is 0 Å². The SMILES string of the molecule is CN1C(=O)/C(=C/c2cc3c(cc2Cl)OCO3)SC1=Nc1ccc(C(=O)O)cc1. The van der Waals surface area contributed by atoms with Gasteiger partial charge in [0.2, 0.25) is 6.79 Å². The van der Waals surface area contributed by atoms with Crippen molar-refractivity contribution in [2.75, 3.05) is 13.8 Å². The maximum absolute atomic E-state index is 12.6. The highest BCUT2D eigenvalue weighted by Gasteiger charge is 2.31. The molecule has 2 heterocycles. The number of likely N-dealkylation sites (N-methyl/N-ethyl adjacent to an activating group) is 1. The summed E-state index contributed by atoms with van der Waals surface area (Å²) >= 11 is 7.49. The van der Waals surface area contributed by atoms with Crippen LogP contribution in [0.5, 0.6) is 11.5 Å². The first-order valence-electron chi connectivity index (χ1n) is 8.11. The Kier molecular flexibility index (Phi) is 4.74. The van der Waals surface area contributed by atoms with E-state index in [-0.39, 0.29) is 18.3 Å². The van der Waals surface area contributed by atoms with Gasteiger partial charge in [0.1, 0.15) is 0 Å². The van der Waals surface area contributed by atoms with Gasteiger partial charge in [-0.2, -0.15) is 0 Å². The molecule has 0 unspecified atom stereocenters. The lowest BCUT2D eigenvalue weighted by atomic mass is 10.2. The lowest BCUT2D eigenvalue weighted by Gasteiger charge is -2.07. The van der Waals surface area contributed by atoms with Gasteiger partial charge in [-0.1, -0.05) is 11.6 Å². The van der Waals surface area contributed by atoms with Crippen LogP contribution in [0, 0.1) is 0 Å². The molecule has 0 saturated carbocycles. The summed E-state index contributed by atoms with van der Waals surface area (Å²) in [6.45, 7) is 0.138. The first-order valence-corrected chi connectivity index (χ1v) is 9.30. The normalized spacial score (nSPS) is 18.4. The van der Waals surface area contributed by atoms with Crippen LogP contribution in [0.2, 0.25) is 5.02 Å². The van der Waals surface area contributed by atoms with E-state index >= 15 is 0 Å². The highest BCUT2D eigenvalue weighted by atomic mass is 35.5. The summed E-state index contributed by atoms with van der Waals surface area (Å²) in [6.07, 6.45) is 1.68. The van der Waals surface area contributed by atoms with E-state index in [0.29, 0.717) is 37.8 Å². The minimum absolute atomic E-state index is 0.138. The second-order valence-corrected chi connectivity index (χ2v) is 7.36. The first kappa shape index (κ1) is 18.4. The van der Waals surface area contributed by atoms with Crippen molar-refractivity contribution >= 4 is 52.2 Å². The van der Waals surface area contributed by atoms with Crippen molar-refractivity contribution in [1.29, 1.82) is 0 Å². The van der Waals surface area contributed by atoms with Crippen molar-refractivity contribution in [3.05, 3.63) is 57.5 Å². The number of amides is 1. The minimum atomic E-state index is -1.01. The zero-order chi connectivity index (χ0) is 19.8. The second-order valence-electron chi connectivity index (χ2n) is 5.95. The third kappa shape index (κ3) is 3.44. The third-order valence-corrected chi connectivity index (χ3v) is 5.51. The second kappa shape index (κ2) is 7.21. The molecule has 2 aliphatic rings. The number of aliphatic imine (C=N–C) groups is 1. The van der Waals surface area contributed by atoms with Crippen molar-refractivity contribution in [3.8, 4) is 11.5 Å². The predicted octanol–water partition coefficient (Wildman–Crippen LogP) is 4.00. The van der Waals surface area contributed by atoms with Gasteiger partial charge >= 0.3 is 5.97 Å². The Hall–Kier alpha value is -2.97. The molecule has 0 aromatic heterocycles. The average molecular weight is 417 g/mol. The smallest absolute Gasteiger partial charge is 0.335 e. The Morgan fingerprint density at radius 3 is 2.61 bits per heavy atom. The van der Waals surface area contributed by atoms with Crippen LogP contribution in [0.15, 0.2) is 46.3 Å². The van der Waals surface area contributed by atoms with Gasteiger partial charge in [0.05, 0.1) is 21.2 Å². The fraction of sp³-hybridized carbons (Fsp3) is 0.105. The average Bonchev–Trinajstić information content (AvgIpc) is 3.22. The summed E-state index contributed by atoms with van der Waals surface area (Å²) in [6, 6.07) is 9.49. The Bertz CT molecular complexity index is 1050. The van der Waals surface area contributed by atoms with Crippen LogP contribution in [0.4, 0.5) is 5.69 Å². The van der Waals surface area contributed by atoms with Gasteiger partial charge in [0, 0.05) is 13.1 Å². The van der Waals surface area contributed by atoms with E-state index in [2.05, 4.69) is 4.99 Å². The summed E-state index contributed by atoms with van der Waals surface area (Å²) in [5, 5.41) is 9.89.